The highest BCUT2D eigenvalue weighted by atomic mass is 79.9. The smallest absolute Gasteiger partial charge is 0.388 e. The Morgan fingerprint density at radius 3 is 2.33 bits per heavy atom. The van der Waals surface area contributed by atoms with Crippen LogP contribution in [0.5, 0.6) is 0 Å². The lowest BCUT2D eigenvalue weighted by molar-refractivity contribution is -0.137. The molecule has 112 valence electrons. The Morgan fingerprint density at radius 2 is 1.71 bits per heavy atom. The van der Waals surface area contributed by atoms with E-state index in [1.165, 1.54) is 6.07 Å². The third-order valence-electron chi connectivity index (χ3n) is 3.23. The minimum Gasteiger partial charge on any atom is -0.388 e. The molecular weight excluding hydrogens is 345 g/mol. The lowest BCUT2D eigenvalue weighted by Gasteiger charge is -2.15. The molecule has 1 unspecified atom stereocenters. The van der Waals surface area contributed by atoms with Crippen molar-refractivity contribution in [3.63, 3.8) is 0 Å². The van der Waals surface area contributed by atoms with Crippen LogP contribution in [0.15, 0.2) is 53.0 Å². The highest BCUT2D eigenvalue weighted by molar-refractivity contribution is 9.10. The van der Waals surface area contributed by atoms with Gasteiger partial charge in [-0.3, -0.25) is 0 Å². The van der Waals surface area contributed by atoms with Crippen molar-refractivity contribution in [1.29, 1.82) is 0 Å². The quantitative estimate of drug-likeness (QED) is 0.802. The molecule has 0 spiro atoms. The second-order valence-corrected chi connectivity index (χ2v) is 5.63. The number of aryl methyl sites for hydroxylation is 1. The van der Waals surface area contributed by atoms with Crippen molar-refractivity contribution in [2.24, 2.45) is 0 Å². The molecule has 0 aromatic heterocycles. The van der Waals surface area contributed by atoms with Gasteiger partial charge in [0, 0.05) is 4.47 Å². The molecule has 21 heavy (non-hydrogen) atoms. The van der Waals surface area contributed by atoms with Crippen molar-refractivity contribution in [2.75, 3.05) is 0 Å². The van der Waals surface area contributed by atoms with E-state index in [1.54, 1.807) is 0 Å². The fourth-order valence-corrected chi connectivity index (χ4v) is 2.59. The molecule has 2 rings (SSSR count). The fourth-order valence-electron chi connectivity index (χ4n) is 2.08. The topological polar surface area (TPSA) is 20.2 Å². The van der Waals surface area contributed by atoms with E-state index in [1.807, 2.05) is 30.3 Å². The SMILES string of the molecule is OC(CCc1ccccc1)c1cc(C(F)(F)F)ccc1Br. The summed E-state index contributed by atoms with van der Waals surface area (Å²) in [4.78, 5) is 0. The zero-order valence-electron chi connectivity index (χ0n) is 11.1. The summed E-state index contributed by atoms with van der Waals surface area (Å²) >= 11 is 3.20. The zero-order chi connectivity index (χ0) is 15.5. The molecule has 0 radical (unpaired) electrons. The third kappa shape index (κ3) is 4.32. The number of aliphatic hydroxyl groups is 1. The molecule has 5 heteroatoms. The van der Waals surface area contributed by atoms with E-state index in [0.29, 0.717) is 17.3 Å². The van der Waals surface area contributed by atoms with Gasteiger partial charge in [0.25, 0.3) is 0 Å². The first-order valence-electron chi connectivity index (χ1n) is 6.46. The Hall–Kier alpha value is -1.33. The van der Waals surface area contributed by atoms with Crippen LogP contribution in [-0.4, -0.2) is 5.11 Å². The summed E-state index contributed by atoms with van der Waals surface area (Å²) in [5.41, 5.74) is 0.555. The van der Waals surface area contributed by atoms with Crippen molar-refractivity contribution >= 4 is 15.9 Å². The van der Waals surface area contributed by atoms with Gasteiger partial charge in [-0.05, 0) is 42.2 Å². The minimum atomic E-state index is -4.41. The van der Waals surface area contributed by atoms with Crippen LogP contribution in [0.4, 0.5) is 13.2 Å². The van der Waals surface area contributed by atoms with Gasteiger partial charge in [-0.25, -0.2) is 0 Å². The number of hydrogen-bond acceptors (Lipinski definition) is 1. The van der Waals surface area contributed by atoms with Crippen molar-refractivity contribution in [3.8, 4) is 0 Å². The van der Waals surface area contributed by atoms with E-state index in [2.05, 4.69) is 15.9 Å². The van der Waals surface area contributed by atoms with Crippen LogP contribution < -0.4 is 0 Å². The van der Waals surface area contributed by atoms with Crippen LogP contribution in [0.2, 0.25) is 0 Å². The molecule has 0 aliphatic heterocycles. The standard InChI is InChI=1S/C16H14BrF3O/c17-14-8-7-12(16(18,19)20)10-13(14)15(21)9-6-11-4-2-1-3-5-11/h1-5,7-8,10,15,21H,6,9H2. The fraction of sp³-hybridized carbons (Fsp3) is 0.250. The van der Waals surface area contributed by atoms with Gasteiger partial charge in [0.15, 0.2) is 0 Å². The first kappa shape index (κ1) is 16.0. The maximum absolute atomic E-state index is 12.7. The van der Waals surface area contributed by atoms with E-state index in [4.69, 9.17) is 0 Å². The molecule has 0 heterocycles. The largest absolute Gasteiger partial charge is 0.416 e. The molecule has 0 fully saturated rings. The number of benzene rings is 2. The number of rotatable bonds is 4. The lowest BCUT2D eigenvalue weighted by Crippen LogP contribution is -2.08. The molecular formula is C16H14BrF3O. The van der Waals surface area contributed by atoms with Crippen LogP contribution in [0.25, 0.3) is 0 Å². The van der Waals surface area contributed by atoms with Gasteiger partial charge in [0.2, 0.25) is 0 Å². The van der Waals surface area contributed by atoms with Gasteiger partial charge in [-0.1, -0.05) is 46.3 Å². The average molecular weight is 359 g/mol. The third-order valence-corrected chi connectivity index (χ3v) is 3.95. The monoisotopic (exact) mass is 358 g/mol. The van der Waals surface area contributed by atoms with E-state index >= 15 is 0 Å². The molecule has 0 saturated heterocycles. The lowest BCUT2D eigenvalue weighted by atomic mass is 9.99. The second kappa shape index (κ2) is 6.62. The Bertz CT molecular complexity index is 596. The van der Waals surface area contributed by atoms with Crippen molar-refractivity contribution in [3.05, 3.63) is 69.7 Å². The molecule has 0 aliphatic carbocycles. The molecule has 0 saturated carbocycles. The van der Waals surface area contributed by atoms with Crippen LogP contribution in [0.1, 0.15) is 29.2 Å². The van der Waals surface area contributed by atoms with Gasteiger partial charge >= 0.3 is 6.18 Å². The summed E-state index contributed by atoms with van der Waals surface area (Å²) in [6, 6.07) is 12.8. The molecule has 1 atom stereocenters. The van der Waals surface area contributed by atoms with Gasteiger partial charge in [0.1, 0.15) is 0 Å². The average Bonchev–Trinajstić information content (AvgIpc) is 2.45. The van der Waals surface area contributed by atoms with Crippen molar-refractivity contribution in [2.45, 2.75) is 25.1 Å². The Labute approximate surface area is 129 Å². The Kier molecular flexibility index (Phi) is 5.06. The maximum Gasteiger partial charge on any atom is 0.416 e. The highest BCUT2D eigenvalue weighted by Crippen LogP contribution is 2.34. The van der Waals surface area contributed by atoms with Crippen LogP contribution in [-0.2, 0) is 12.6 Å². The Balaban J connectivity index is 2.13. The molecule has 0 amide bonds. The van der Waals surface area contributed by atoms with Gasteiger partial charge in [0.05, 0.1) is 11.7 Å². The summed E-state index contributed by atoms with van der Waals surface area (Å²) in [5.74, 6) is 0. The number of alkyl halides is 3. The molecule has 2 aromatic carbocycles. The normalized spacial score (nSPS) is 13.2. The van der Waals surface area contributed by atoms with Gasteiger partial charge < -0.3 is 5.11 Å². The summed E-state index contributed by atoms with van der Waals surface area (Å²) in [5, 5.41) is 10.2. The highest BCUT2D eigenvalue weighted by Gasteiger charge is 2.31. The number of aliphatic hydroxyl groups excluding tert-OH is 1. The summed E-state index contributed by atoms with van der Waals surface area (Å²) in [6.45, 7) is 0. The van der Waals surface area contributed by atoms with Gasteiger partial charge in [-0.2, -0.15) is 13.2 Å². The number of halogens is 4. The summed E-state index contributed by atoms with van der Waals surface area (Å²) in [7, 11) is 0. The van der Waals surface area contributed by atoms with E-state index in [0.717, 1.165) is 17.7 Å². The molecule has 0 bridgehead atoms. The molecule has 1 nitrogen and oxygen atoms in total. The van der Waals surface area contributed by atoms with Crippen LogP contribution >= 0.6 is 15.9 Å². The maximum atomic E-state index is 12.7. The molecule has 0 aliphatic rings. The predicted molar refractivity (Wildman–Crippen MR) is 78.9 cm³/mol. The molecule has 2 aromatic rings. The van der Waals surface area contributed by atoms with E-state index < -0.39 is 17.8 Å². The first-order valence-corrected chi connectivity index (χ1v) is 7.26. The van der Waals surface area contributed by atoms with E-state index in [-0.39, 0.29) is 5.56 Å². The van der Waals surface area contributed by atoms with Crippen molar-refractivity contribution in [1.82, 2.24) is 0 Å². The predicted octanol–water partition coefficient (Wildman–Crippen LogP) is 5.13. The van der Waals surface area contributed by atoms with Crippen LogP contribution in [0.3, 0.4) is 0 Å². The number of hydrogen-bond donors (Lipinski definition) is 1. The summed E-state index contributed by atoms with van der Waals surface area (Å²) in [6.07, 6.45) is -4.38. The summed E-state index contributed by atoms with van der Waals surface area (Å²) < 4.78 is 38.6. The second-order valence-electron chi connectivity index (χ2n) is 4.77. The first-order chi connectivity index (χ1) is 9.88. The van der Waals surface area contributed by atoms with Crippen LogP contribution in [0, 0.1) is 0 Å². The van der Waals surface area contributed by atoms with Gasteiger partial charge in [-0.15, -0.1) is 0 Å². The minimum absolute atomic E-state index is 0.265. The van der Waals surface area contributed by atoms with Crippen molar-refractivity contribution < 1.29 is 18.3 Å². The zero-order valence-corrected chi connectivity index (χ0v) is 12.7. The molecule has 1 N–H and O–H groups in total. The Morgan fingerprint density at radius 1 is 1.05 bits per heavy atom. The van der Waals surface area contributed by atoms with E-state index in [9.17, 15) is 18.3 Å².